The molecule has 4 aromatic rings. The minimum Gasteiger partial charge on any atom is -0.467 e. The Hall–Kier alpha value is -4.11. The first-order valence-electron chi connectivity index (χ1n) is 8.63. The maximum Gasteiger partial charge on any atom is 0.269 e. The lowest BCUT2D eigenvalue weighted by atomic mass is 9.99. The number of pyridine rings is 1. The van der Waals surface area contributed by atoms with Crippen molar-refractivity contribution in [2.45, 2.75) is 6.04 Å². The molecule has 2 aromatic carbocycles. The van der Waals surface area contributed by atoms with Gasteiger partial charge in [0.05, 0.1) is 22.4 Å². The number of anilines is 1. The van der Waals surface area contributed by atoms with Crippen LogP contribution in [0.1, 0.15) is 17.4 Å². The van der Waals surface area contributed by atoms with E-state index in [0.29, 0.717) is 22.5 Å². The number of aromatic nitrogens is 1. The van der Waals surface area contributed by atoms with Crippen molar-refractivity contribution in [3.05, 3.63) is 99.5 Å². The zero-order valence-electron chi connectivity index (χ0n) is 15.0. The van der Waals surface area contributed by atoms with Gasteiger partial charge in [0, 0.05) is 29.3 Å². The number of nitrogens with two attached hydrogens (primary N) is 1. The number of nitro groups is 1. The van der Waals surface area contributed by atoms with Gasteiger partial charge in [0.2, 0.25) is 0 Å². The third kappa shape index (κ3) is 3.30. The molecule has 0 fully saturated rings. The first-order valence-corrected chi connectivity index (χ1v) is 8.63. The molecule has 0 amide bonds. The summed E-state index contributed by atoms with van der Waals surface area (Å²) in [4.78, 5) is 26.5. The van der Waals surface area contributed by atoms with Gasteiger partial charge in [0.15, 0.2) is 0 Å². The number of fused-ring (bicyclic) bond motifs is 1. The fourth-order valence-corrected chi connectivity index (χ4v) is 3.24. The third-order valence-electron chi connectivity index (χ3n) is 4.61. The zero-order valence-corrected chi connectivity index (χ0v) is 15.0. The SMILES string of the molecule is NN(c1ccc([N+](=O)[O-])cc1)C(c1ccco1)c1ccc2cccnc2c1N=O. The molecule has 0 aliphatic carbocycles. The van der Waals surface area contributed by atoms with Crippen LogP contribution in [0.2, 0.25) is 0 Å². The normalized spacial score (nSPS) is 11.9. The van der Waals surface area contributed by atoms with Gasteiger partial charge in [-0.05, 0) is 35.5 Å². The van der Waals surface area contributed by atoms with Crippen molar-refractivity contribution in [3.63, 3.8) is 0 Å². The van der Waals surface area contributed by atoms with Crippen molar-refractivity contribution >= 4 is 28.0 Å². The van der Waals surface area contributed by atoms with Crippen LogP contribution < -0.4 is 10.9 Å². The molecule has 29 heavy (non-hydrogen) atoms. The topological polar surface area (TPSA) is 128 Å². The highest BCUT2D eigenvalue weighted by Gasteiger charge is 2.28. The lowest BCUT2D eigenvalue weighted by Gasteiger charge is -2.28. The summed E-state index contributed by atoms with van der Waals surface area (Å²) in [5.41, 5.74) is 1.55. The molecule has 0 aliphatic rings. The highest BCUT2D eigenvalue weighted by molar-refractivity contribution is 5.91. The fraction of sp³-hybridized carbons (Fsp3) is 0.0500. The molecule has 0 saturated heterocycles. The van der Waals surface area contributed by atoms with Crippen molar-refractivity contribution in [1.82, 2.24) is 4.98 Å². The molecule has 1 atom stereocenters. The van der Waals surface area contributed by atoms with E-state index in [-0.39, 0.29) is 11.4 Å². The number of nitrogens with zero attached hydrogens (tertiary/aromatic N) is 4. The summed E-state index contributed by atoms with van der Waals surface area (Å²) in [6.07, 6.45) is 3.08. The maximum absolute atomic E-state index is 11.7. The number of hydrogen-bond donors (Lipinski definition) is 1. The first-order chi connectivity index (χ1) is 14.1. The van der Waals surface area contributed by atoms with E-state index in [1.807, 2.05) is 12.1 Å². The summed E-state index contributed by atoms with van der Waals surface area (Å²) < 4.78 is 5.57. The van der Waals surface area contributed by atoms with Crippen molar-refractivity contribution in [1.29, 1.82) is 0 Å². The summed E-state index contributed by atoms with van der Waals surface area (Å²) in [5, 5.41) is 16.3. The molecule has 0 spiro atoms. The van der Waals surface area contributed by atoms with E-state index in [2.05, 4.69) is 10.2 Å². The number of nitro benzene ring substituents is 1. The van der Waals surface area contributed by atoms with Gasteiger partial charge in [-0.1, -0.05) is 18.2 Å². The average molecular weight is 389 g/mol. The van der Waals surface area contributed by atoms with E-state index in [0.717, 1.165) is 5.39 Å². The smallest absolute Gasteiger partial charge is 0.269 e. The Morgan fingerprint density at radius 2 is 1.90 bits per heavy atom. The lowest BCUT2D eigenvalue weighted by molar-refractivity contribution is -0.384. The molecule has 9 heteroatoms. The predicted molar refractivity (Wildman–Crippen MR) is 108 cm³/mol. The second-order valence-electron chi connectivity index (χ2n) is 6.27. The van der Waals surface area contributed by atoms with Crippen molar-refractivity contribution < 1.29 is 9.34 Å². The van der Waals surface area contributed by atoms with Gasteiger partial charge in [-0.2, -0.15) is 0 Å². The van der Waals surface area contributed by atoms with Crippen LogP contribution in [0.4, 0.5) is 17.1 Å². The average Bonchev–Trinajstić information content (AvgIpc) is 3.28. The predicted octanol–water partition coefficient (Wildman–Crippen LogP) is 4.60. The molecule has 2 N–H and O–H groups in total. The molecular formula is C20H15N5O4. The van der Waals surface area contributed by atoms with Crippen LogP contribution in [0.15, 0.2) is 82.7 Å². The van der Waals surface area contributed by atoms with Crippen LogP contribution in [0, 0.1) is 15.0 Å². The van der Waals surface area contributed by atoms with E-state index >= 15 is 0 Å². The molecule has 144 valence electrons. The Morgan fingerprint density at radius 1 is 1.10 bits per heavy atom. The number of hydrazine groups is 1. The Bertz CT molecular complexity index is 1180. The van der Waals surface area contributed by atoms with Gasteiger partial charge in [-0.25, -0.2) is 5.84 Å². The molecule has 2 aromatic heterocycles. The standard InChI is InChI=1S/C20H15N5O4/c21-24(14-6-8-15(9-7-14)25(27)28)20(17-4-2-12-29-17)16-10-5-13-3-1-11-22-18(13)19(16)23-26/h1-12,20H,21H2. The van der Waals surface area contributed by atoms with Gasteiger partial charge in [-0.3, -0.25) is 20.1 Å². The van der Waals surface area contributed by atoms with Gasteiger partial charge < -0.3 is 4.42 Å². The Balaban J connectivity index is 1.86. The quantitative estimate of drug-likeness (QED) is 0.221. The zero-order chi connectivity index (χ0) is 20.4. The van der Waals surface area contributed by atoms with E-state index in [4.69, 9.17) is 10.3 Å². The monoisotopic (exact) mass is 389 g/mol. The summed E-state index contributed by atoms with van der Waals surface area (Å²) >= 11 is 0. The number of furan rings is 1. The highest BCUT2D eigenvalue weighted by Crippen LogP contribution is 2.39. The number of hydrogen-bond acceptors (Lipinski definition) is 8. The van der Waals surface area contributed by atoms with E-state index in [9.17, 15) is 15.0 Å². The Kier molecular flexibility index (Phi) is 4.71. The summed E-state index contributed by atoms with van der Waals surface area (Å²) in [6.45, 7) is 0. The maximum atomic E-state index is 11.7. The molecule has 1 unspecified atom stereocenters. The molecular weight excluding hydrogens is 374 g/mol. The van der Waals surface area contributed by atoms with Crippen LogP contribution >= 0.6 is 0 Å². The van der Waals surface area contributed by atoms with Crippen molar-refractivity contribution in [2.24, 2.45) is 11.0 Å². The van der Waals surface area contributed by atoms with E-state index in [1.54, 1.807) is 30.5 Å². The molecule has 0 radical (unpaired) electrons. The minimum absolute atomic E-state index is 0.0538. The second-order valence-corrected chi connectivity index (χ2v) is 6.27. The first kappa shape index (κ1) is 18.3. The van der Waals surface area contributed by atoms with Gasteiger partial charge in [0.1, 0.15) is 17.5 Å². The third-order valence-corrected chi connectivity index (χ3v) is 4.61. The highest BCUT2D eigenvalue weighted by atomic mass is 16.6. The number of non-ortho nitro benzene ring substituents is 1. The van der Waals surface area contributed by atoms with E-state index in [1.165, 1.54) is 35.5 Å². The molecule has 2 heterocycles. The number of rotatable bonds is 6. The van der Waals surface area contributed by atoms with Crippen molar-refractivity contribution in [2.75, 3.05) is 5.01 Å². The van der Waals surface area contributed by atoms with E-state index < -0.39 is 11.0 Å². The van der Waals surface area contributed by atoms with Crippen LogP contribution in [0.5, 0.6) is 0 Å². The van der Waals surface area contributed by atoms with Crippen LogP contribution in [-0.2, 0) is 0 Å². The van der Waals surface area contributed by atoms with Crippen LogP contribution in [-0.4, -0.2) is 9.91 Å². The summed E-state index contributed by atoms with van der Waals surface area (Å²) in [7, 11) is 0. The largest absolute Gasteiger partial charge is 0.467 e. The minimum atomic E-state index is -0.703. The van der Waals surface area contributed by atoms with Crippen LogP contribution in [0.3, 0.4) is 0 Å². The van der Waals surface area contributed by atoms with Crippen LogP contribution in [0.25, 0.3) is 10.9 Å². The number of nitroso groups, excluding NO2 is 1. The molecule has 0 aliphatic heterocycles. The van der Waals surface area contributed by atoms with Crippen molar-refractivity contribution in [3.8, 4) is 0 Å². The molecule has 4 rings (SSSR count). The molecule has 0 bridgehead atoms. The lowest BCUT2D eigenvalue weighted by Crippen LogP contribution is -2.35. The summed E-state index contributed by atoms with van der Waals surface area (Å²) in [6, 6.07) is 15.7. The number of benzene rings is 2. The molecule has 9 nitrogen and oxygen atoms in total. The Labute approximate surface area is 164 Å². The van der Waals surface area contributed by atoms with Gasteiger partial charge in [-0.15, -0.1) is 4.91 Å². The van der Waals surface area contributed by atoms with Gasteiger partial charge in [0.25, 0.3) is 5.69 Å². The second kappa shape index (κ2) is 7.49. The fourth-order valence-electron chi connectivity index (χ4n) is 3.24. The van der Waals surface area contributed by atoms with Gasteiger partial charge >= 0.3 is 0 Å². The summed E-state index contributed by atoms with van der Waals surface area (Å²) in [5.74, 6) is 6.87. The molecule has 0 saturated carbocycles. The Morgan fingerprint density at radius 3 is 2.55 bits per heavy atom.